The summed E-state index contributed by atoms with van der Waals surface area (Å²) < 4.78 is 56.3. The topological polar surface area (TPSA) is 120 Å². The number of carboxylic acids is 1. The van der Waals surface area contributed by atoms with E-state index < -0.39 is 41.2 Å². The number of aliphatic hydroxyl groups excluding tert-OH is 1. The van der Waals surface area contributed by atoms with Crippen LogP contribution in [0.4, 0.5) is 29.1 Å². The molecule has 192 valence electrons. The number of nitrogens with one attached hydrogen (secondary N) is 1. The van der Waals surface area contributed by atoms with Crippen molar-refractivity contribution in [2.45, 2.75) is 31.7 Å². The number of nitrogens with zero attached hydrogens (tertiary/aromatic N) is 4. The summed E-state index contributed by atoms with van der Waals surface area (Å²) in [5.74, 6) is -1.32. The Labute approximate surface area is 206 Å². The molecular weight excluding hydrogens is 510 g/mol. The number of hydrogen-bond acceptors (Lipinski definition) is 7. The Morgan fingerprint density at radius 2 is 2.03 bits per heavy atom. The van der Waals surface area contributed by atoms with Crippen LogP contribution in [0, 0.1) is 6.92 Å². The second-order valence-electron chi connectivity index (χ2n) is 8.48. The molecule has 1 atom stereocenters. The lowest BCUT2D eigenvalue weighted by atomic mass is 10.1. The first-order valence-electron chi connectivity index (χ1n) is 10.6. The Morgan fingerprint density at radius 1 is 1.31 bits per heavy atom. The molecule has 3 N–H and O–H groups in total. The second-order valence-corrected chi connectivity index (χ2v) is 8.87. The summed E-state index contributed by atoms with van der Waals surface area (Å²) in [6, 6.07) is 3.42. The van der Waals surface area contributed by atoms with Gasteiger partial charge >= 0.3 is 12.1 Å². The number of halogens is 5. The molecule has 4 rings (SSSR count). The average Bonchev–Trinajstić information content (AvgIpc) is 3.22. The maximum Gasteiger partial charge on any atom is 0.417 e. The fraction of sp³-hybridized carbons (Fsp3) is 0.364. The molecule has 3 aromatic rings. The van der Waals surface area contributed by atoms with Gasteiger partial charge in [-0.1, -0.05) is 11.6 Å². The minimum absolute atomic E-state index is 0.00700. The van der Waals surface area contributed by atoms with Gasteiger partial charge in [0.2, 0.25) is 0 Å². The highest BCUT2D eigenvalue weighted by Crippen LogP contribution is 2.33. The summed E-state index contributed by atoms with van der Waals surface area (Å²) in [4.78, 5) is 34.2. The van der Waals surface area contributed by atoms with Crippen LogP contribution >= 0.6 is 11.6 Å². The Bertz CT molecular complexity index is 1410. The minimum Gasteiger partial charge on any atom is -0.476 e. The quantitative estimate of drug-likeness (QED) is 0.329. The van der Waals surface area contributed by atoms with E-state index in [9.17, 15) is 37.4 Å². The van der Waals surface area contributed by atoms with Crippen LogP contribution in [0.1, 0.15) is 33.6 Å². The van der Waals surface area contributed by atoms with Crippen molar-refractivity contribution in [2.24, 2.45) is 0 Å². The average molecular weight is 530 g/mol. The van der Waals surface area contributed by atoms with E-state index in [1.165, 1.54) is 24.0 Å². The van der Waals surface area contributed by atoms with Crippen molar-refractivity contribution in [3.63, 3.8) is 0 Å². The third-order valence-corrected chi connectivity index (χ3v) is 6.16. The van der Waals surface area contributed by atoms with Gasteiger partial charge < -0.3 is 20.4 Å². The molecule has 1 fully saturated rings. The third kappa shape index (κ3) is 4.80. The molecule has 0 aliphatic carbocycles. The van der Waals surface area contributed by atoms with Gasteiger partial charge in [-0.25, -0.2) is 19.2 Å². The number of aromatic nitrogens is 3. The Hall–Kier alpha value is -3.45. The van der Waals surface area contributed by atoms with Crippen molar-refractivity contribution in [1.29, 1.82) is 0 Å². The number of aliphatic hydroxyl groups is 1. The van der Waals surface area contributed by atoms with Crippen LogP contribution in [-0.4, -0.2) is 55.9 Å². The molecule has 0 radical (unpaired) electrons. The summed E-state index contributed by atoms with van der Waals surface area (Å²) in [5, 5.41) is 21.3. The standard InChI is InChI=1S/C22H20ClF4N5O4/c1-11-17(31-5-4-21(24,9-31)10-33)30-18-12(6-13(22(25,26)27)8-32(18)19(11)34)7-28-14-2-3-15(23)29-16(14)20(35)36/h2-3,6,8,28,33H,4-5,7,9-10H2,1H3,(H,35,36). The molecule has 1 aliphatic rings. The van der Waals surface area contributed by atoms with Crippen molar-refractivity contribution in [1.82, 2.24) is 14.4 Å². The van der Waals surface area contributed by atoms with Crippen molar-refractivity contribution in [3.8, 4) is 0 Å². The first-order chi connectivity index (χ1) is 16.8. The minimum atomic E-state index is -4.78. The number of anilines is 2. The van der Waals surface area contributed by atoms with Gasteiger partial charge in [-0.3, -0.25) is 9.20 Å². The van der Waals surface area contributed by atoms with Crippen LogP contribution in [-0.2, 0) is 12.7 Å². The number of fused-ring (bicyclic) bond motifs is 1. The van der Waals surface area contributed by atoms with Crippen molar-refractivity contribution >= 4 is 34.7 Å². The molecule has 36 heavy (non-hydrogen) atoms. The summed E-state index contributed by atoms with van der Waals surface area (Å²) in [6.07, 6.45) is -4.16. The predicted octanol–water partition coefficient (Wildman–Crippen LogP) is 3.29. The monoisotopic (exact) mass is 529 g/mol. The maximum atomic E-state index is 14.6. The van der Waals surface area contributed by atoms with Crippen LogP contribution in [0.2, 0.25) is 5.15 Å². The molecular formula is C22H20ClF4N5O4. The Morgan fingerprint density at radius 3 is 2.64 bits per heavy atom. The highest BCUT2D eigenvalue weighted by molar-refractivity contribution is 6.29. The molecule has 0 saturated carbocycles. The van der Waals surface area contributed by atoms with Gasteiger partial charge in [0.25, 0.3) is 5.56 Å². The molecule has 0 amide bonds. The van der Waals surface area contributed by atoms with Crippen LogP contribution in [0.15, 0.2) is 29.2 Å². The fourth-order valence-electron chi connectivity index (χ4n) is 4.06. The first kappa shape index (κ1) is 25.6. The number of rotatable bonds is 6. The smallest absolute Gasteiger partial charge is 0.417 e. The van der Waals surface area contributed by atoms with E-state index >= 15 is 0 Å². The fourth-order valence-corrected chi connectivity index (χ4v) is 4.20. The lowest BCUT2D eigenvalue weighted by Crippen LogP contribution is -2.34. The molecule has 0 spiro atoms. The zero-order valence-electron chi connectivity index (χ0n) is 18.7. The summed E-state index contributed by atoms with van der Waals surface area (Å²) in [6.45, 7) is 0.216. The SMILES string of the molecule is Cc1c(N2CCC(F)(CO)C2)nc2c(CNc3ccc(Cl)nc3C(=O)O)cc(C(F)(F)F)cn2c1=O. The van der Waals surface area contributed by atoms with Crippen LogP contribution in [0.25, 0.3) is 5.65 Å². The van der Waals surface area contributed by atoms with Gasteiger partial charge in [0.05, 0.1) is 30.0 Å². The van der Waals surface area contributed by atoms with Crippen LogP contribution < -0.4 is 15.8 Å². The van der Waals surface area contributed by atoms with Crippen molar-refractivity contribution in [2.75, 3.05) is 29.9 Å². The second kappa shape index (κ2) is 9.21. The van der Waals surface area contributed by atoms with Gasteiger partial charge in [0.15, 0.2) is 11.4 Å². The number of carbonyl (C=O) groups is 1. The lowest BCUT2D eigenvalue weighted by molar-refractivity contribution is -0.137. The molecule has 9 nitrogen and oxygen atoms in total. The van der Waals surface area contributed by atoms with Gasteiger partial charge in [-0.15, -0.1) is 0 Å². The number of aromatic carboxylic acids is 1. The van der Waals surface area contributed by atoms with E-state index in [1.54, 1.807) is 0 Å². The summed E-state index contributed by atoms with van der Waals surface area (Å²) in [7, 11) is 0. The van der Waals surface area contributed by atoms with Crippen molar-refractivity contribution < 1.29 is 32.6 Å². The normalized spacial score (nSPS) is 18.1. The zero-order chi connectivity index (χ0) is 26.4. The third-order valence-electron chi connectivity index (χ3n) is 5.95. The van der Waals surface area contributed by atoms with Crippen molar-refractivity contribution in [3.05, 3.63) is 62.3 Å². The Balaban J connectivity index is 1.84. The maximum absolute atomic E-state index is 14.6. The van der Waals surface area contributed by atoms with Crippen LogP contribution in [0.3, 0.4) is 0 Å². The zero-order valence-corrected chi connectivity index (χ0v) is 19.5. The molecule has 1 aliphatic heterocycles. The number of pyridine rings is 2. The van der Waals surface area contributed by atoms with Gasteiger partial charge in [-0.05, 0) is 25.1 Å². The molecule has 3 aromatic heterocycles. The summed E-state index contributed by atoms with van der Waals surface area (Å²) >= 11 is 5.75. The predicted molar refractivity (Wildman–Crippen MR) is 122 cm³/mol. The molecule has 4 heterocycles. The molecule has 1 unspecified atom stereocenters. The summed E-state index contributed by atoms with van der Waals surface area (Å²) in [5.41, 5.74) is -4.41. The molecule has 0 bridgehead atoms. The lowest BCUT2D eigenvalue weighted by Gasteiger charge is -2.22. The number of carboxylic acid groups (broad SMARTS) is 1. The Kier molecular flexibility index (Phi) is 6.56. The van der Waals surface area contributed by atoms with E-state index in [2.05, 4.69) is 15.3 Å². The number of alkyl halides is 4. The highest BCUT2D eigenvalue weighted by atomic mass is 35.5. The highest BCUT2D eigenvalue weighted by Gasteiger charge is 2.39. The van der Waals surface area contributed by atoms with E-state index in [-0.39, 0.29) is 59.5 Å². The van der Waals surface area contributed by atoms with E-state index in [4.69, 9.17) is 11.6 Å². The van der Waals surface area contributed by atoms with E-state index in [0.29, 0.717) is 6.20 Å². The molecule has 1 saturated heterocycles. The first-order valence-corrected chi connectivity index (χ1v) is 11.0. The largest absolute Gasteiger partial charge is 0.476 e. The van der Waals surface area contributed by atoms with Gasteiger partial charge in [0.1, 0.15) is 16.6 Å². The molecule has 14 heteroatoms. The van der Waals surface area contributed by atoms with Gasteiger partial charge in [0, 0.05) is 31.3 Å². The van der Waals surface area contributed by atoms with Gasteiger partial charge in [-0.2, -0.15) is 13.2 Å². The van der Waals surface area contributed by atoms with E-state index in [1.807, 2.05) is 0 Å². The molecule has 0 aromatic carbocycles. The van der Waals surface area contributed by atoms with Crippen LogP contribution in [0.5, 0.6) is 0 Å². The van der Waals surface area contributed by atoms with E-state index in [0.717, 1.165) is 10.5 Å². The number of hydrogen-bond donors (Lipinski definition) is 3.